The van der Waals surface area contributed by atoms with Gasteiger partial charge in [-0.3, -0.25) is 4.90 Å². The number of rotatable bonds is 12. The molecule has 4 nitrogen and oxygen atoms in total. The summed E-state index contributed by atoms with van der Waals surface area (Å²) in [5.41, 5.74) is 12.5. The molecule has 0 spiro atoms. The van der Waals surface area contributed by atoms with Gasteiger partial charge >= 0.3 is 0 Å². The van der Waals surface area contributed by atoms with Crippen LogP contribution >= 0.6 is 0 Å². The van der Waals surface area contributed by atoms with E-state index in [9.17, 15) is 8.78 Å². The molecule has 210 valence electrons. The first kappa shape index (κ1) is 29.0. The van der Waals surface area contributed by atoms with Crippen molar-refractivity contribution < 1.29 is 13.5 Å². The minimum atomic E-state index is -0.230. The molecule has 1 aliphatic rings. The maximum absolute atomic E-state index is 13.5. The highest BCUT2D eigenvalue weighted by Crippen LogP contribution is 2.31. The number of benzene rings is 3. The summed E-state index contributed by atoms with van der Waals surface area (Å²) in [4.78, 5) is 5.05. The lowest BCUT2D eigenvalue weighted by atomic mass is 9.87. The third-order valence-corrected chi connectivity index (χ3v) is 8.25. The summed E-state index contributed by atoms with van der Waals surface area (Å²) in [6, 6.07) is 15.5. The molecule has 39 heavy (non-hydrogen) atoms. The summed E-state index contributed by atoms with van der Waals surface area (Å²) in [6.07, 6.45) is 4.36. The Morgan fingerprint density at radius 2 is 1.28 bits per heavy atom. The van der Waals surface area contributed by atoms with Crippen LogP contribution in [0.1, 0.15) is 59.4 Å². The largest absolute Gasteiger partial charge is 0.492 e. The second-order valence-corrected chi connectivity index (χ2v) is 10.9. The van der Waals surface area contributed by atoms with Crippen LogP contribution in [0.2, 0.25) is 0 Å². The van der Waals surface area contributed by atoms with Gasteiger partial charge in [-0.1, -0.05) is 37.1 Å². The molecule has 4 rings (SSSR count). The van der Waals surface area contributed by atoms with E-state index in [1.165, 1.54) is 24.3 Å². The van der Waals surface area contributed by atoms with Crippen molar-refractivity contribution in [1.29, 1.82) is 0 Å². The van der Waals surface area contributed by atoms with Crippen LogP contribution in [0.3, 0.4) is 0 Å². The quantitative estimate of drug-likeness (QED) is 0.203. The summed E-state index contributed by atoms with van der Waals surface area (Å²) < 4.78 is 33.1. The molecule has 0 atom stereocenters. The first-order valence-corrected chi connectivity index (χ1v) is 14.3. The van der Waals surface area contributed by atoms with Gasteiger partial charge in [0.25, 0.3) is 0 Å². The Labute approximate surface area is 232 Å². The van der Waals surface area contributed by atoms with E-state index in [0.717, 1.165) is 104 Å². The van der Waals surface area contributed by atoms with Gasteiger partial charge in [0.1, 0.15) is 24.0 Å². The normalized spacial score (nSPS) is 14.7. The molecule has 3 aromatic rings. The van der Waals surface area contributed by atoms with E-state index in [1.54, 1.807) is 0 Å². The second-order valence-electron chi connectivity index (χ2n) is 10.9. The first-order valence-electron chi connectivity index (χ1n) is 14.3. The molecule has 1 heterocycles. The zero-order chi connectivity index (χ0) is 27.8. The SMILES string of the molecule is Cc1cc(OCCN2CCN(CCCCCC(c3ccc(F)cc3)c3ccc(F)cc3)CC2)c(C)c(C)c1N. The molecular formula is C33H43F2N3O. The highest BCUT2D eigenvalue weighted by Gasteiger charge is 2.18. The average molecular weight is 536 g/mol. The van der Waals surface area contributed by atoms with Crippen molar-refractivity contribution in [2.24, 2.45) is 0 Å². The Balaban J connectivity index is 1.15. The lowest BCUT2D eigenvalue weighted by molar-refractivity contribution is 0.115. The van der Waals surface area contributed by atoms with Gasteiger partial charge in [0.15, 0.2) is 0 Å². The fourth-order valence-electron chi connectivity index (χ4n) is 5.51. The molecule has 0 amide bonds. The number of nitrogens with two attached hydrogens (primary N) is 1. The lowest BCUT2D eigenvalue weighted by Crippen LogP contribution is -2.47. The maximum atomic E-state index is 13.5. The Kier molecular flexibility index (Phi) is 10.4. The maximum Gasteiger partial charge on any atom is 0.123 e. The van der Waals surface area contributed by atoms with Crippen LogP contribution in [0.25, 0.3) is 0 Å². The lowest BCUT2D eigenvalue weighted by Gasteiger charge is -2.34. The number of nitrogen functional groups attached to an aromatic ring is 1. The first-order chi connectivity index (χ1) is 18.8. The fourth-order valence-corrected chi connectivity index (χ4v) is 5.51. The fraction of sp³-hybridized carbons (Fsp3) is 0.455. The third-order valence-electron chi connectivity index (χ3n) is 8.25. The molecule has 0 bridgehead atoms. The Morgan fingerprint density at radius 3 is 1.85 bits per heavy atom. The monoisotopic (exact) mass is 535 g/mol. The van der Waals surface area contributed by atoms with Gasteiger partial charge < -0.3 is 15.4 Å². The van der Waals surface area contributed by atoms with Gasteiger partial charge in [0.05, 0.1) is 0 Å². The van der Waals surface area contributed by atoms with Crippen LogP contribution in [0.4, 0.5) is 14.5 Å². The summed E-state index contributed by atoms with van der Waals surface area (Å²) in [6.45, 7) is 13.2. The van der Waals surface area contributed by atoms with Crippen molar-refractivity contribution in [2.75, 3.05) is 51.6 Å². The highest BCUT2D eigenvalue weighted by molar-refractivity contribution is 5.60. The number of ether oxygens (including phenoxy) is 1. The highest BCUT2D eigenvalue weighted by atomic mass is 19.1. The summed E-state index contributed by atoms with van der Waals surface area (Å²) in [5, 5.41) is 0. The summed E-state index contributed by atoms with van der Waals surface area (Å²) in [7, 11) is 0. The molecule has 3 aromatic carbocycles. The number of piperazine rings is 1. The van der Waals surface area contributed by atoms with Crippen LogP contribution in [0.5, 0.6) is 5.75 Å². The standard InChI is InChI=1S/C33H43F2N3O/c1-24-23-32(25(2)26(3)33(24)36)39-22-21-38-19-17-37(18-20-38)16-6-4-5-7-31(27-8-12-29(34)13-9-27)28-10-14-30(35)15-11-28/h8-15,23,31H,4-7,16-22,36H2,1-3H3. The van der Waals surface area contributed by atoms with Crippen LogP contribution in [-0.4, -0.2) is 55.7 Å². The van der Waals surface area contributed by atoms with Crippen molar-refractivity contribution in [3.05, 3.63) is 94.0 Å². The van der Waals surface area contributed by atoms with E-state index in [2.05, 4.69) is 29.7 Å². The number of unbranched alkanes of at least 4 members (excludes halogenated alkanes) is 2. The number of nitrogens with zero attached hydrogens (tertiary/aromatic N) is 2. The van der Waals surface area contributed by atoms with E-state index < -0.39 is 0 Å². The number of halogens is 2. The molecule has 0 saturated carbocycles. The van der Waals surface area contributed by atoms with Gasteiger partial charge in [0.2, 0.25) is 0 Å². The van der Waals surface area contributed by atoms with Crippen LogP contribution in [0.15, 0.2) is 54.6 Å². The van der Waals surface area contributed by atoms with E-state index in [4.69, 9.17) is 10.5 Å². The number of hydrogen-bond donors (Lipinski definition) is 1. The van der Waals surface area contributed by atoms with Gasteiger partial charge in [-0.15, -0.1) is 0 Å². The predicted octanol–water partition coefficient (Wildman–Crippen LogP) is 6.86. The van der Waals surface area contributed by atoms with E-state index in [1.807, 2.05) is 31.2 Å². The zero-order valence-electron chi connectivity index (χ0n) is 23.7. The van der Waals surface area contributed by atoms with Gasteiger partial charge in [-0.2, -0.15) is 0 Å². The molecule has 1 aliphatic heterocycles. The Morgan fingerprint density at radius 1 is 0.744 bits per heavy atom. The molecule has 6 heteroatoms. The molecule has 0 aromatic heterocycles. The molecule has 1 fully saturated rings. The minimum absolute atomic E-state index is 0.154. The van der Waals surface area contributed by atoms with E-state index >= 15 is 0 Å². The number of hydrogen-bond acceptors (Lipinski definition) is 4. The number of aryl methyl sites for hydroxylation is 1. The van der Waals surface area contributed by atoms with Gasteiger partial charge in [-0.05, 0) is 98.3 Å². The topological polar surface area (TPSA) is 41.7 Å². The Bertz CT molecular complexity index is 1140. The second kappa shape index (κ2) is 13.9. The number of anilines is 1. The molecular weight excluding hydrogens is 492 g/mol. The molecule has 1 saturated heterocycles. The van der Waals surface area contributed by atoms with Crippen LogP contribution < -0.4 is 10.5 Å². The zero-order valence-corrected chi connectivity index (χ0v) is 23.7. The van der Waals surface area contributed by atoms with Gasteiger partial charge in [0, 0.05) is 44.3 Å². The van der Waals surface area contributed by atoms with Crippen LogP contribution in [-0.2, 0) is 0 Å². The predicted molar refractivity (Wildman–Crippen MR) is 157 cm³/mol. The van der Waals surface area contributed by atoms with Crippen molar-refractivity contribution in [2.45, 2.75) is 52.4 Å². The molecule has 0 radical (unpaired) electrons. The minimum Gasteiger partial charge on any atom is -0.492 e. The van der Waals surface area contributed by atoms with Crippen molar-refractivity contribution in [3.8, 4) is 5.75 Å². The summed E-state index contributed by atoms with van der Waals surface area (Å²) in [5.74, 6) is 0.637. The smallest absolute Gasteiger partial charge is 0.123 e. The van der Waals surface area contributed by atoms with Crippen molar-refractivity contribution >= 4 is 5.69 Å². The molecule has 0 unspecified atom stereocenters. The molecule has 0 aliphatic carbocycles. The van der Waals surface area contributed by atoms with E-state index in [-0.39, 0.29) is 17.6 Å². The van der Waals surface area contributed by atoms with Crippen molar-refractivity contribution in [3.63, 3.8) is 0 Å². The van der Waals surface area contributed by atoms with Crippen molar-refractivity contribution in [1.82, 2.24) is 9.80 Å². The summed E-state index contributed by atoms with van der Waals surface area (Å²) >= 11 is 0. The molecule has 2 N–H and O–H groups in total. The van der Waals surface area contributed by atoms with E-state index in [0.29, 0.717) is 6.61 Å². The Hall–Kier alpha value is -2.96. The third kappa shape index (κ3) is 8.02. The van der Waals surface area contributed by atoms with Crippen LogP contribution in [0, 0.1) is 32.4 Å². The van der Waals surface area contributed by atoms with Gasteiger partial charge in [-0.25, -0.2) is 8.78 Å². The average Bonchev–Trinajstić information content (AvgIpc) is 2.94.